The second kappa shape index (κ2) is 12.8. The van der Waals surface area contributed by atoms with Crippen LogP contribution in [0.4, 0.5) is 14.9 Å². The number of nitrogens with zero attached hydrogens (tertiary/aromatic N) is 1. The van der Waals surface area contributed by atoms with Crippen LogP contribution in [0.25, 0.3) is 16.8 Å². The first-order valence-electron chi connectivity index (χ1n) is 13.7. The Morgan fingerprint density at radius 2 is 1.60 bits per heavy atom. The van der Waals surface area contributed by atoms with Gasteiger partial charge in [-0.05, 0) is 77.0 Å². The summed E-state index contributed by atoms with van der Waals surface area (Å²) >= 11 is 12.2. The summed E-state index contributed by atoms with van der Waals surface area (Å²) < 4.78 is 25.6. The predicted octanol–water partition coefficient (Wildman–Crippen LogP) is 8.11. The number of halogens is 3. The normalized spacial score (nSPS) is 14.2. The molecule has 0 saturated carbocycles. The number of carbonyl (C=O) groups excluding carboxylic acids is 3. The Kier molecular flexibility index (Phi) is 8.51. The van der Waals surface area contributed by atoms with Crippen molar-refractivity contribution in [3.63, 3.8) is 0 Å². The minimum atomic E-state index is -0.885. The highest BCUT2D eigenvalue weighted by Gasteiger charge is 2.37. The van der Waals surface area contributed by atoms with E-state index >= 15 is 0 Å². The summed E-state index contributed by atoms with van der Waals surface area (Å²) in [6.45, 7) is 0.226. The summed E-state index contributed by atoms with van der Waals surface area (Å²) in [6, 6.07) is 27.5. The van der Waals surface area contributed by atoms with E-state index in [1.807, 2.05) is 30.3 Å². The second-order valence-corrected chi connectivity index (χ2v) is 10.9. The first-order valence-corrected chi connectivity index (χ1v) is 14.5. The molecule has 6 rings (SSSR count). The van der Waals surface area contributed by atoms with Crippen LogP contribution in [-0.2, 0) is 22.8 Å². The van der Waals surface area contributed by atoms with E-state index in [-0.39, 0.29) is 24.5 Å². The molecule has 224 valence electrons. The number of urea groups is 1. The standard InChI is InChI=1S/C35H23Cl2FN2O5/c36-24-10-8-23(31(37)17-24)20-44-27-13-11-26(12-14-27)40-34(42)30(33(41)39-35(40)43)18-29-28-7-2-1-5-22(28)9-15-32(29)45-19-21-4-3-6-25(38)16-21/h1-18H,19-20H2,(H,39,41,43)/b30-18+. The minimum absolute atomic E-state index is 0.0513. The van der Waals surface area contributed by atoms with Crippen molar-refractivity contribution in [2.24, 2.45) is 0 Å². The SMILES string of the molecule is O=C1NC(=O)N(c2ccc(OCc3ccc(Cl)cc3Cl)cc2)C(=O)/C1=C/c1c(OCc2cccc(F)c2)ccc2ccccc12. The fourth-order valence-corrected chi connectivity index (χ4v) is 5.33. The highest BCUT2D eigenvalue weighted by molar-refractivity contribution is 6.39. The van der Waals surface area contributed by atoms with E-state index in [1.165, 1.54) is 30.3 Å². The van der Waals surface area contributed by atoms with Crippen LogP contribution in [0.3, 0.4) is 0 Å². The zero-order valence-electron chi connectivity index (χ0n) is 23.4. The number of amides is 4. The van der Waals surface area contributed by atoms with Crippen molar-refractivity contribution in [3.8, 4) is 11.5 Å². The van der Waals surface area contributed by atoms with Gasteiger partial charge in [-0.3, -0.25) is 14.9 Å². The third kappa shape index (κ3) is 6.52. The molecule has 1 saturated heterocycles. The van der Waals surface area contributed by atoms with Gasteiger partial charge in [-0.2, -0.15) is 0 Å². The lowest BCUT2D eigenvalue weighted by molar-refractivity contribution is -0.122. The van der Waals surface area contributed by atoms with Crippen molar-refractivity contribution in [2.45, 2.75) is 13.2 Å². The van der Waals surface area contributed by atoms with E-state index in [2.05, 4.69) is 5.32 Å². The summed E-state index contributed by atoms with van der Waals surface area (Å²) in [5.74, 6) is -1.20. The van der Waals surface area contributed by atoms with Crippen LogP contribution in [-0.4, -0.2) is 17.8 Å². The Labute approximate surface area is 267 Å². The number of ether oxygens (including phenoxy) is 2. The number of barbiturate groups is 1. The largest absolute Gasteiger partial charge is 0.489 e. The molecule has 7 nitrogen and oxygen atoms in total. The summed E-state index contributed by atoms with van der Waals surface area (Å²) in [5.41, 5.74) is 1.76. The maximum atomic E-state index is 13.7. The van der Waals surface area contributed by atoms with E-state index < -0.39 is 23.7 Å². The molecule has 0 aromatic heterocycles. The molecule has 1 aliphatic rings. The monoisotopic (exact) mass is 640 g/mol. The lowest BCUT2D eigenvalue weighted by atomic mass is 9.99. The molecule has 5 aromatic rings. The third-order valence-corrected chi connectivity index (χ3v) is 7.70. The summed E-state index contributed by atoms with van der Waals surface area (Å²) in [5, 5.41) is 4.79. The number of carbonyl (C=O) groups is 3. The molecule has 1 aliphatic heterocycles. The molecule has 10 heteroatoms. The number of anilines is 1. The molecule has 0 bridgehead atoms. The van der Waals surface area contributed by atoms with Crippen LogP contribution in [0.5, 0.6) is 11.5 Å². The quantitative estimate of drug-likeness (QED) is 0.137. The summed E-state index contributed by atoms with van der Waals surface area (Å²) in [4.78, 5) is 40.5. The van der Waals surface area contributed by atoms with E-state index in [9.17, 15) is 18.8 Å². The van der Waals surface area contributed by atoms with Crippen molar-refractivity contribution < 1.29 is 28.2 Å². The molecule has 0 unspecified atom stereocenters. The van der Waals surface area contributed by atoms with Gasteiger partial charge < -0.3 is 9.47 Å². The third-order valence-electron chi connectivity index (χ3n) is 7.11. The van der Waals surface area contributed by atoms with E-state index in [1.54, 1.807) is 48.5 Å². The summed E-state index contributed by atoms with van der Waals surface area (Å²) in [6.07, 6.45) is 1.41. The van der Waals surface area contributed by atoms with Crippen LogP contribution in [0.2, 0.25) is 10.0 Å². The first kappa shape index (κ1) is 29.9. The topological polar surface area (TPSA) is 84.9 Å². The number of hydrogen-bond acceptors (Lipinski definition) is 5. The van der Waals surface area contributed by atoms with Crippen molar-refractivity contribution in [1.82, 2.24) is 5.32 Å². The maximum absolute atomic E-state index is 13.7. The average Bonchev–Trinajstić information content (AvgIpc) is 3.02. The highest BCUT2D eigenvalue weighted by Crippen LogP contribution is 2.33. The summed E-state index contributed by atoms with van der Waals surface area (Å²) in [7, 11) is 0. The Hall–Kier alpha value is -5.18. The Morgan fingerprint density at radius 3 is 2.38 bits per heavy atom. The zero-order chi connectivity index (χ0) is 31.5. The van der Waals surface area contributed by atoms with Gasteiger partial charge in [-0.15, -0.1) is 0 Å². The van der Waals surface area contributed by atoms with Gasteiger partial charge in [0.1, 0.15) is 36.1 Å². The van der Waals surface area contributed by atoms with Crippen molar-refractivity contribution in [1.29, 1.82) is 0 Å². The molecule has 4 amide bonds. The number of imide groups is 2. The van der Waals surface area contributed by atoms with Gasteiger partial charge in [-0.25, -0.2) is 14.1 Å². The van der Waals surface area contributed by atoms with E-state index in [0.29, 0.717) is 38.1 Å². The number of hydrogen-bond donors (Lipinski definition) is 1. The molecule has 0 aliphatic carbocycles. The Morgan fingerprint density at radius 1 is 0.800 bits per heavy atom. The lowest BCUT2D eigenvalue weighted by Gasteiger charge is -2.26. The molecular weight excluding hydrogens is 618 g/mol. The van der Waals surface area contributed by atoms with Gasteiger partial charge in [0, 0.05) is 21.2 Å². The maximum Gasteiger partial charge on any atom is 0.335 e. The number of benzene rings is 5. The molecule has 0 atom stereocenters. The fourth-order valence-electron chi connectivity index (χ4n) is 4.87. The van der Waals surface area contributed by atoms with Gasteiger partial charge in [-0.1, -0.05) is 71.7 Å². The molecular formula is C35H23Cl2FN2O5. The van der Waals surface area contributed by atoms with Crippen LogP contribution in [0, 0.1) is 5.82 Å². The number of fused-ring (bicyclic) bond motifs is 1. The van der Waals surface area contributed by atoms with Gasteiger partial charge in [0.15, 0.2) is 0 Å². The van der Waals surface area contributed by atoms with Crippen LogP contribution >= 0.6 is 23.2 Å². The number of nitrogens with one attached hydrogen (secondary N) is 1. The van der Waals surface area contributed by atoms with E-state index in [0.717, 1.165) is 15.8 Å². The molecule has 0 spiro atoms. The molecule has 1 fully saturated rings. The molecule has 1 heterocycles. The minimum Gasteiger partial charge on any atom is -0.489 e. The fraction of sp³-hybridized carbons (Fsp3) is 0.0571. The molecule has 45 heavy (non-hydrogen) atoms. The second-order valence-electron chi connectivity index (χ2n) is 10.1. The number of rotatable bonds is 8. The predicted molar refractivity (Wildman–Crippen MR) is 171 cm³/mol. The van der Waals surface area contributed by atoms with Crippen LogP contribution in [0.1, 0.15) is 16.7 Å². The van der Waals surface area contributed by atoms with Crippen molar-refractivity contribution in [2.75, 3.05) is 4.90 Å². The van der Waals surface area contributed by atoms with Crippen LogP contribution < -0.4 is 19.7 Å². The highest BCUT2D eigenvalue weighted by atomic mass is 35.5. The first-order chi connectivity index (χ1) is 21.8. The Balaban J connectivity index is 1.28. The zero-order valence-corrected chi connectivity index (χ0v) is 24.9. The van der Waals surface area contributed by atoms with E-state index in [4.69, 9.17) is 32.7 Å². The molecule has 1 N–H and O–H groups in total. The average molecular weight is 641 g/mol. The lowest BCUT2D eigenvalue weighted by Crippen LogP contribution is -2.54. The van der Waals surface area contributed by atoms with Crippen molar-refractivity contribution in [3.05, 3.63) is 141 Å². The van der Waals surface area contributed by atoms with Crippen molar-refractivity contribution >= 4 is 63.6 Å². The molecule has 0 radical (unpaired) electrons. The van der Waals surface area contributed by atoms with Gasteiger partial charge in [0.05, 0.1) is 5.69 Å². The smallest absolute Gasteiger partial charge is 0.335 e. The van der Waals surface area contributed by atoms with Crippen LogP contribution in [0.15, 0.2) is 109 Å². The van der Waals surface area contributed by atoms with Gasteiger partial charge in [0.25, 0.3) is 11.8 Å². The Bertz CT molecular complexity index is 1990. The van der Waals surface area contributed by atoms with Gasteiger partial charge >= 0.3 is 6.03 Å². The molecule has 5 aromatic carbocycles. The van der Waals surface area contributed by atoms with Gasteiger partial charge in [0.2, 0.25) is 0 Å².